The van der Waals surface area contributed by atoms with Crippen molar-refractivity contribution in [3.63, 3.8) is 0 Å². The summed E-state index contributed by atoms with van der Waals surface area (Å²) in [5, 5.41) is 15.8. The van der Waals surface area contributed by atoms with Crippen molar-refractivity contribution in [2.24, 2.45) is 0 Å². The number of rotatable bonds is 3. The Bertz CT molecular complexity index is 856. The van der Waals surface area contributed by atoms with Gasteiger partial charge in [-0.15, -0.1) is 0 Å². The van der Waals surface area contributed by atoms with Crippen LogP contribution >= 0.6 is 0 Å². The fourth-order valence-electron chi connectivity index (χ4n) is 3.49. The number of aliphatic hydroxyl groups excluding tert-OH is 1. The highest BCUT2D eigenvalue weighted by Crippen LogP contribution is 2.30. The van der Waals surface area contributed by atoms with Crippen LogP contribution in [0.1, 0.15) is 18.7 Å². The van der Waals surface area contributed by atoms with Crippen molar-refractivity contribution >= 4 is 10.8 Å². The molecule has 122 valence electrons. The van der Waals surface area contributed by atoms with Gasteiger partial charge in [0, 0.05) is 18.3 Å². The molecule has 0 unspecified atom stereocenters. The van der Waals surface area contributed by atoms with Crippen LogP contribution in [0.25, 0.3) is 22.0 Å². The predicted octanol–water partition coefficient (Wildman–Crippen LogP) is 2.91. The number of aromatic nitrogens is 2. The Morgan fingerprint density at radius 1 is 1.08 bits per heavy atom. The highest BCUT2D eigenvalue weighted by Gasteiger charge is 2.36. The lowest BCUT2D eigenvalue weighted by molar-refractivity contribution is 0.155. The molecule has 4 heteroatoms. The Kier molecular flexibility index (Phi) is 4.00. The molecule has 3 aromatic rings. The molecule has 1 aromatic heterocycles. The standard InChI is InChI=1S/C20H21N3O/c24-14-20(9-3-10-21-13-20)19-22-11-8-18(23-19)17-7-6-15-4-1-2-5-16(15)12-17/h1-2,4-8,11-12,21,24H,3,9-10,13-14H2/t20-/m0/s1. The van der Waals surface area contributed by atoms with Gasteiger partial charge < -0.3 is 10.4 Å². The van der Waals surface area contributed by atoms with E-state index in [1.54, 1.807) is 6.20 Å². The van der Waals surface area contributed by atoms with Crippen LogP contribution < -0.4 is 5.32 Å². The topological polar surface area (TPSA) is 58.0 Å². The molecule has 1 aliphatic rings. The zero-order valence-electron chi connectivity index (χ0n) is 13.6. The smallest absolute Gasteiger partial charge is 0.138 e. The molecule has 2 N–H and O–H groups in total. The third-order valence-electron chi connectivity index (χ3n) is 4.95. The van der Waals surface area contributed by atoms with Gasteiger partial charge in [0.15, 0.2) is 0 Å². The summed E-state index contributed by atoms with van der Waals surface area (Å²) in [4.78, 5) is 9.29. The lowest BCUT2D eigenvalue weighted by Crippen LogP contribution is -2.47. The number of nitrogens with zero attached hydrogens (tertiary/aromatic N) is 2. The maximum absolute atomic E-state index is 9.98. The molecule has 2 heterocycles. The average molecular weight is 319 g/mol. The largest absolute Gasteiger partial charge is 0.395 e. The number of fused-ring (bicyclic) bond motifs is 1. The summed E-state index contributed by atoms with van der Waals surface area (Å²) in [5.74, 6) is 0.739. The minimum Gasteiger partial charge on any atom is -0.395 e. The van der Waals surface area contributed by atoms with Crippen molar-refractivity contribution in [1.82, 2.24) is 15.3 Å². The molecule has 4 nitrogen and oxygen atoms in total. The molecule has 1 atom stereocenters. The molecule has 0 radical (unpaired) electrons. The SMILES string of the molecule is OC[C@]1(c2nccc(-c3ccc4ccccc4c3)n2)CCCNC1. The van der Waals surface area contributed by atoms with Gasteiger partial charge in [0.1, 0.15) is 5.82 Å². The van der Waals surface area contributed by atoms with Gasteiger partial charge in [0.05, 0.1) is 17.7 Å². The summed E-state index contributed by atoms with van der Waals surface area (Å²) < 4.78 is 0. The van der Waals surface area contributed by atoms with Gasteiger partial charge in [-0.25, -0.2) is 9.97 Å². The average Bonchev–Trinajstić information content (AvgIpc) is 2.68. The first-order valence-corrected chi connectivity index (χ1v) is 8.45. The number of benzene rings is 2. The monoisotopic (exact) mass is 319 g/mol. The van der Waals surface area contributed by atoms with Crippen molar-refractivity contribution in [3.8, 4) is 11.3 Å². The quantitative estimate of drug-likeness (QED) is 0.779. The normalized spacial score (nSPS) is 21.0. The Balaban J connectivity index is 1.76. The van der Waals surface area contributed by atoms with Gasteiger partial charge in [0.25, 0.3) is 0 Å². The molecule has 0 spiro atoms. The fourth-order valence-corrected chi connectivity index (χ4v) is 3.49. The van der Waals surface area contributed by atoms with Gasteiger partial charge in [-0.05, 0) is 42.3 Å². The summed E-state index contributed by atoms with van der Waals surface area (Å²) in [6.45, 7) is 1.79. The van der Waals surface area contributed by atoms with Crippen molar-refractivity contribution in [1.29, 1.82) is 0 Å². The number of hydrogen-bond donors (Lipinski definition) is 2. The van der Waals surface area contributed by atoms with E-state index in [4.69, 9.17) is 4.98 Å². The van der Waals surface area contributed by atoms with E-state index in [-0.39, 0.29) is 12.0 Å². The molecule has 1 saturated heterocycles. The first-order valence-electron chi connectivity index (χ1n) is 8.45. The zero-order valence-corrected chi connectivity index (χ0v) is 13.6. The second-order valence-electron chi connectivity index (χ2n) is 6.55. The van der Waals surface area contributed by atoms with Crippen LogP contribution in [0.2, 0.25) is 0 Å². The van der Waals surface area contributed by atoms with Crippen LogP contribution in [0.5, 0.6) is 0 Å². The minimum absolute atomic E-state index is 0.0706. The van der Waals surface area contributed by atoms with E-state index < -0.39 is 0 Å². The van der Waals surface area contributed by atoms with Gasteiger partial charge >= 0.3 is 0 Å². The number of hydrogen-bond acceptors (Lipinski definition) is 4. The highest BCUT2D eigenvalue weighted by molar-refractivity contribution is 5.86. The highest BCUT2D eigenvalue weighted by atomic mass is 16.3. The fraction of sp³-hybridized carbons (Fsp3) is 0.300. The molecular formula is C20H21N3O. The molecule has 1 aliphatic heterocycles. The Morgan fingerprint density at radius 3 is 2.75 bits per heavy atom. The van der Waals surface area contributed by atoms with Gasteiger partial charge in [-0.3, -0.25) is 0 Å². The molecular weight excluding hydrogens is 298 g/mol. The number of piperidine rings is 1. The Hall–Kier alpha value is -2.30. The molecule has 4 rings (SSSR count). The maximum atomic E-state index is 9.98. The third kappa shape index (κ3) is 2.68. The van der Waals surface area contributed by atoms with Gasteiger partial charge in [-0.1, -0.05) is 36.4 Å². The first kappa shape index (κ1) is 15.2. The number of aliphatic hydroxyl groups is 1. The van der Waals surface area contributed by atoms with Crippen LogP contribution in [0, 0.1) is 0 Å². The van der Waals surface area contributed by atoms with E-state index in [0.29, 0.717) is 0 Å². The minimum atomic E-state index is -0.370. The molecule has 2 aromatic carbocycles. The maximum Gasteiger partial charge on any atom is 0.138 e. The van der Waals surface area contributed by atoms with Crippen LogP contribution in [0.4, 0.5) is 0 Å². The summed E-state index contributed by atoms with van der Waals surface area (Å²) in [6, 6.07) is 16.6. The molecule has 0 aliphatic carbocycles. The van der Waals surface area contributed by atoms with Crippen molar-refractivity contribution in [3.05, 3.63) is 60.6 Å². The van der Waals surface area contributed by atoms with Gasteiger partial charge in [-0.2, -0.15) is 0 Å². The predicted molar refractivity (Wildman–Crippen MR) is 95.8 cm³/mol. The molecule has 0 bridgehead atoms. The van der Waals surface area contributed by atoms with Crippen molar-refractivity contribution in [2.75, 3.05) is 19.7 Å². The summed E-state index contributed by atoms with van der Waals surface area (Å²) >= 11 is 0. The van der Waals surface area contributed by atoms with Crippen molar-refractivity contribution in [2.45, 2.75) is 18.3 Å². The molecule has 0 amide bonds. The summed E-state index contributed by atoms with van der Waals surface area (Å²) in [6.07, 6.45) is 3.75. The Labute approximate surface area is 141 Å². The summed E-state index contributed by atoms with van der Waals surface area (Å²) in [7, 11) is 0. The zero-order chi connectivity index (χ0) is 16.4. The third-order valence-corrected chi connectivity index (χ3v) is 4.95. The van der Waals surface area contributed by atoms with E-state index in [1.165, 1.54) is 10.8 Å². The number of nitrogens with one attached hydrogen (secondary N) is 1. The van der Waals surface area contributed by atoms with E-state index in [2.05, 4.69) is 40.6 Å². The van der Waals surface area contributed by atoms with Crippen LogP contribution in [-0.2, 0) is 5.41 Å². The van der Waals surface area contributed by atoms with E-state index in [0.717, 1.165) is 43.0 Å². The molecule has 24 heavy (non-hydrogen) atoms. The van der Waals surface area contributed by atoms with Crippen molar-refractivity contribution < 1.29 is 5.11 Å². The lowest BCUT2D eigenvalue weighted by atomic mass is 9.80. The Morgan fingerprint density at radius 2 is 1.96 bits per heavy atom. The second-order valence-corrected chi connectivity index (χ2v) is 6.55. The van der Waals surface area contributed by atoms with Crippen LogP contribution in [0.15, 0.2) is 54.7 Å². The second kappa shape index (κ2) is 6.30. The van der Waals surface area contributed by atoms with E-state index in [9.17, 15) is 5.11 Å². The first-order chi connectivity index (χ1) is 11.8. The van der Waals surface area contributed by atoms with E-state index >= 15 is 0 Å². The molecule has 1 fully saturated rings. The van der Waals surface area contributed by atoms with E-state index in [1.807, 2.05) is 18.2 Å². The lowest BCUT2D eigenvalue weighted by Gasteiger charge is -2.34. The molecule has 0 saturated carbocycles. The van der Waals surface area contributed by atoms with Crippen LogP contribution in [0.3, 0.4) is 0 Å². The van der Waals surface area contributed by atoms with Gasteiger partial charge in [0.2, 0.25) is 0 Å². The van der Waals surface area contributed by atoms with Crippen LogP contribution in [-0.4, -0.2) is 34.8 Å². The summed E-state index contributed by atoms with van der Waals surface area (Å²) in [5.41, 5.74) is 1.61.